The minimum Gasteiger partial charge on any atom is -0.393 e. The molecule has 124 valence electrons. The molecule has 2 fully saturated rings. The summed E-state index contributed by atoms with van der Waals surface area (Å²) in [5.74, 6) is 0.0685. The molecule has 2 aliphatic heterocycles. The molecule has 2 bridgehead atoms. The van der Waals surface area contributed by atoms with Crippen LogP contribution in [0.15, 0.2) is 42.5 Å². The number of piperidine rings is 1. The topological polar surface area (TPSA) is 53.4 Å². The molecule has 0 saturated carbocycles. The Morgan fingerprint density at radius 2 is 1.75 bits per heavy atom. The first kappa shape index (κ1) is 15.3. The van der Waals surface area contributed by atoms with E-state index in [-0.39, 0.29) is 24.1 Å². The fourth-order valence-corrected chi connectivity index (χ4v) is 4.18. The van der Waals surface area contributed by atoms with Crippen LogP contribution in [-0.2, 0) is 0 Å². The van der Waals surface area contributed by atoms with Crippen LogP contribution < -0.4 is 0 Å². The minimum atomic E-state index is -0.258. The van der Waals surface area contributed by atoms with E-state index in [0.717, 1.165) is 29.8 Å². The molecule has 2 saturated heterocycles. The number of rotatable bonds is 2. The Morgan fingerprint density at radius 1 is 1.08 bits per heavy atom. The van der Waals surface area contributed by atoms with Gasteiger partial charge in [-0.2, -0.15) is 0 Å². The molecular formula is C20H22N2O2. The Kier molecular flexibility index (Phi) is 3.85. The number of aromatic nitrogens is 1. The van der Waals surface area contributed by atoms with Crippen LogP contribution in [0.3, 0.4) is 0 Å². The minimum absolute atomic E-state index is 0.0685. The van der Waals surface area contributed by atoms with Crippen LogP contribution >= 0.6 is 0 Å². The number of aliphatic hydroxyl groups is 1. The average Bonchev–Trinajstić information content (AvgIpc) is 2.86. The van der Waals surface area contributed by atoms with Crippen LogP contribution in [0.4, 0.5) is 0 Å². The molecule has 4 heteroatoms. The van der Waals surface area contributed by atoms with Gasteiger partial charge in [0.2, 0.25) is 0 Å². The molecular weight excluding hydrogens is 300 g/mol. The zero-order valence-corrected chi connectivity index (χ0v) is 13.9. The number of fused-ring (bicyclic) bond motifs is 2. The van der Waals surface area contributed by atoms with Crippen molar-refractivity contribution < 1.29 is 9.90 Å². The van der Waals surface area contributed by atoms with E-state index >= 15 is 0 Å². The second-order valence-corrected chi connectivity index (χ2v) is 6.92. The summed E-state index contributed by atoms with van der Waals surface area (Å²) in [6.45, 7) is 1.90. The largest absolute Gasteiger partial charge is 0.393 e. The van der Waals surface area contributed by atoms with E-state index in [1.54, 1.807) is 0 Å². The molecule has 2 atom stereocenters. The molecule has 1 amide bonds. The van der Waals surface area contributed by atoms with Crippen molar-refractivity contribution in [3.63, 3.8) is 0 Å². The van der Waals surface area contributed by atoms with Crippen molar-refractivity contribution in [3.8, 4) is 11.3 Å². The van der Waals surface area contributed by atoms with Crippen molar-refractivity contribution in [1.29, 1.82) is 0 Å². The molecule has 0 aliphatic carbocycles. The van der Waals surface area contributed by atoms with E-state index in [1.807, 2.05) is 54.3 Å². The van der Waals surface area contributed by atoms with Crippen molar-refractivity contribution in [3.05, 3.63) is 53.7 Å². The molecule has 1 N–H and O–H groups in total. The fourth-order valence-electron chi connectivity index (χ4n) is 4.18. The van der Waals surface area contributed by atoms with Crippen molar-refractivity contribution >= 4 is 5.91 Å². The van der Waals surface area contributed by atoms with Gasteiger partial charge in [0.1, 0.15) is 0 Å². The summed E-state index contributed by atoms with van der Waals surface area (Å²) in [5, 5.41) is 9.93. The lowest BCUT2D eigenvalue weighted by Gasteiger charge is -2.37. The quantitative estimate of drug-likeness (QED) is 0.924. The molecule has 24 heavy (non-hydrogen) atoms. The lowest BCUT2D eigenvalue weighted by Crippen LogP contribution is -2.48. The van der Waals surface area contributed by atoms with Crippen LogP contribution in [0, 0.1) is 6.92 Å². The normalized spacial score (nSPS) is 25.8. The lowest BCUT2D eigenvalue weighted by atomic mass is 9.98. The van der Waals surface area contributed by atoms with Crippen LogP contribution in [0.5, 0.6) is 0 Å². The van der Waals surface area contributed by atoms with E-state index in [9.17, 15) is 9.90 Å². The van der Waals surface area contributed by atoms with E-state index < -0.39 is 0 Å². The van der Waals surface area contributed by atoms with Gasteiger partial charge in [0.05, 0.1) is 23.1 Å². The second-order valence-electron chi connectivity index (χ2n) is 6.92. The third-order valence-corrected chi connectivity index (χ3v) is 5.33. The zero-order chi connectivity index (χ0) is 16.7. The van der Waals surface area contributed by atoms with E-state index in [4.69, 9.17) is 0 Å². The number of amides is 1. The summed E-state index contributed by atoms with van der Waals surface area (Å²) >= 11 is 0. The summed E-state index contributed by atoms with van der Waals surface area (Å²) in [5.41, 5.74) is 3.40. The van der Waals surface area contributed by atoms with Gasteiger partial charge in [-0.1, -0.05) is 30.3 Å². The highest BCUT2D eigenvalue weighted by Crippen LogP contribution is 2.37. The number of carbonyl (C=O) groups excluding carboxylic acids is 1. The van der Waals surface area contributed by atoms with Gasteiger partial charge in [0.25, 0.3) is 5.91 Å². The van der Waals surface area contributed by atoms with Crippen molar-refractivity contribution in [1.82, 2.24) is 9.88 Å². The van der Waals surface area contributed by atoms with Crippen molar-refractivity contribution in [2.24, 2.45) is 0 Å². The molecule has 2 unspecified atom stereocenters. The van der Waals surface area contributed by atoms with Gasteiger partial charge in [0, 0.05) is 17.6 Å². The van der Waals surface area contributed by atoms with Crippen LogP contribution in [-0.4, -0.2) is 39.1 Å². The molecule has 1 aromatic heterocycles. The maximum absolute atomic E-state index is 13.0. The number of hydrogen-bond donors (Lipinski definition) is 1. The first-order valence-electron chi connectivity index (χ1n) is 8.67. The van der Waals surface area contributed by atoms with Crippen LogP contribution in [0.1, 0.15) is 41.7 Å². The summed E-state index contributed by atoms with van der Waals surface area (Å²) in [4.78, 5) is 19.7. The zero-order valence-electron chi connectivity index (χ0n) is 13.9. The Labute approximate surface area is 142 Å². The fraction of sp³-hybridized carbons (Fsp3) is 0.400. The van der Waals surface area contributed by atoms with E-state index in [2.05, 4.69) is 4.98 Å². The summed E-state index contributed by atoms with van der Waals surface area (Å²) in [7, 11) is 0. The maximum Gasteiger partial charge on any atom is 0.256 e. The Balaban J connectivity index is 1.62. The molecule has 4 rings (SSSR count). The van der Waals surface area contributed by atoms with Crippen LogP contribution in [0.25, 0.3) is 11.3 Å². The predicted molar refractivity (Wildman–Crippen MR) is 92.6 cm³/mol. The Hall–Kier alpha value is -2.20. The van der Waals surface area contributed by atoms with E-state index in [0.29, 0.717) is 18.4 Å². The molecule has 1 aromatic carbocycles. The van der Waals surface area contributed by atoms with E-state index in [1.165, 1.54) is 0 Å². The summed E-state index contributed by atoms with van der Waals surface area (Å²) in [6, 6.07) is 14.2. The van der Waals surface area contributed by atoms with Crippen molar-refractivity contribution in [2.75, 3.05) is 0 Å². The Bertz CT molecular complexity index is 745. The van der Waals surface area contributed by atoms with Crippen molar-refractivity contribution in [2.45, 2.75) is 50.8 Å². The molecule has 0 radical (unpaired) electrons. The van der Waals surface area contributed by atoms with Gasteiger partial charge in [-0.25, -0.2) is 0 Å². The van der Waals surface area contributed by atoms with Gasteiger partial charge in [-0.05, 0) is 44.7 Å². The summed E-state index contributed by atoms with van der Waals surface area (Å²) < 4.78 is 0. The van der Waals surface area contributed by atoms with Gasteiger partial charge in [-0.3, -0.25) is 9.78 Å². The maximum atomic E-state index is 13.0. The average molecular weight is 322 g/mol. The number of aliphatic hydroxyl groups excluding tert-OH is 1. The highest BCUT2D eigenvalue weighted by molar-refractivity contribution is 5.96. The number of hydrogen-bond acceptors (Lipinski definition) is 3. The molecule has 2 aliphatic rings. The second kappa shape index (κ2) is 6.02. The number of pyridine rings is 1. The van der Waals surface area contributed by atoms with Gasteiger partial charge in [0.15, 0.2) is 0 Å². The smallest absolute Gasteiger partial charge is 0.256 e. The lowest BCUT2D eigenvalue weighted by molar-refractivity contribution is 0.0286. The Morgan fingerprint density at radius 3 is 2.38 bits per heavy atom. The third-order valence-electron chi connectivity index (χ3n) is 5.33. The van der Waals surface area contributed by atoms with Gasteiger partial charge < -0.3 is 10.0 Å². The molecule has 4 nitrogen and oxygen atoms in total. The highest BCUT2D eigenvalue weighted by Gasteiger charge is 2.43. The number of aryl methyl sites for hydroxylation is 1. The number of nitrogens with zero attached hydrogens (tertiary/aromatic N) is 2. The van der Waals surface area contributed by atoms with Crippen LogP contribution in [0.2, 0.25) is 0 Å². The number of carbonyl (C=O) groups is 1. The standard InChI is InChI=1S/C20H22N2O2/c1-13-18(9-10-19(21-13)14-5-3-2-4-6-14)20(24)22-15-7-8-16(22)12-17(23)11-15/h2-6,9-10,15-17,23H,7-8,11-12H2,1H3. The molecule has 0 spiro atoms. The predicted octanol–water partition coefficient (Wildman–Crippen LogP) is 3.18. The first-order valence-corrected chi connectivity index (χ1v) is 8.67. The van der Waals surface area contributed by atoms with Gasteiger partial charge >= 0.3 is 0 Å². The van der Waals surface area contributed by atoms with Gasteiger partial charge in [-0.15, -0.1) is 0 Å². The third kappa shape index (κ3) is 2.61. The SMILES string of the molecule is Cc1nc(-c2ccccc2)ccc1C(=O)N1C2CCC1CC(O)C2. The monoisotopic (exact) mass is 322 g/mol. The first-order chi connectivity index (χ1) is 11.6. The molecule has 3 heterocycles. The highest BCUT2D eigenvalue weighted by atomic mass is 16.3. The number of benzene rings is 1. The molecule has 2 aromatic rings. The summed E-state index contributed by atoms with van der Waals surface area (Å²) in [6.07, 6.45) is 3.16.